The number of ether oxygens (including phenoxy) is 1. The second-order valence-electron chi connectivity index (χ2n) is 4.76. The molecule has 3 aromatic rings. The molecule has 7 heteroatoms. The molecule has 2 aromatic carbocycles. The summed E-state index contributed by atoms with van der Waals surface area (Å²) in [6.45, 7) is 0. The van der Waals surface area contributed by atoms with Crippen LogP contribution in [-0.4, -0.2) is 28.9 Å². The highest BCUT2D eigenvalue weighted by molar-refractivity contribution is 6.31. The molecule has 0 atom stereocenters. The Morgan fingerprint density at radius 1 is 1.22 bits per heavy atom. The van der Waals surface area contributed by atoms with Gasteiger partial charge in [0.25, 0.3) is 0 Å². The molecule has 6 nitrogen and oxygen atoms in total. The summed E-state index contributed by atoms with van der Waals surface area (Å²) in [4.78, 5) is 23.9. The average Bonchev–Trinajstić information content (AvgIpc) is 2.97. The minimum absolute atomic E-state index is 0.349. The van der Waals surface area contributed by atoms with Crippen LogP contribution in [0, 0.1) is 0 Å². The molecular formula is C16H12ClN3O3. The van der Waals surface area contributed by atoms with E-state index in [-0.39, 0.29) is 0 Å². The summed E-state index contributed by atoms with van der Waals surface area (Å²) >= 11 is 5.92. The van der Waals surface area contributed by atoms with Gasteiger partial charge in [0.1, 0.15) is 0 Å². The maximum absolute atomic E-state index is 12.4. The number of fused-ring (bicyclic) bond motifs is 1. The SMILES string of the molecule is COC(=O)c1cccc(NC(=O)n2ncc3cc(Cl)ccc32)c1. The van der Waals surface area contributed by atoms with Gasteiger partial charge in [-0.3, -0.25) is 0 Å². The van der Waals surface area contributed by atoms with E-state index in [1.165, 1.54) is 17.9 Å². The monoisotopic (exact) mass is 329 g/mol. The van der Waals surface area contributed by atoms with Gasteiger partial charge in [0.05, 0.1) is 24.4 Å². The zero-order chi connectivity index (χ0) is 16.4. The van der Waals surface area contributed by atoms with Crippen molar-refractivity contribution >= 4 is 40.2 Å². The van der Waals surface area contributed by atoms with Crippen molar-refractivity contribution in [2.75, 3.05) is 12.4 Å². The normalized spacial score (nSPS) is 10.5. The van der Waals surface area contributed by atoms with Crippen molar-refractivity contribution in [3.63, 3.8) is 0 Å². The standard InChI is InChI=1S/C16H12ClN3O3/c1-23-15(21)10-3-2-4-13(8-10)19-16(22)20-14-6-5-12(17)7-11(14)9-18-20/h2-9H,1H3,(H,19,22). The van der Waals surface area contributed by atoms with Gasteiger partial charge in [-0.2, -0.15) is 9.78 Å². The van der Waals surface area contributed by atoms with Crippen LogP contribution < -0.4 is 5.32 Å². The second kappa shape index (κ2) is 6.10. The fraction of sp³-hybridized carbons (Fsp3) is 0.0625. The topological polar surface area (TPSA) is 73.2 Å². The lowest BCUT2D eigenvalue weighted by atomic mass is 10.2. The smallest absolute Gasteiger partial charge is 0.347 e. The maximum atomic E-state index is 12.4. The Morgan fingerprint density at radius 3 is 2.83 bits per heavy atom. The average molecular weight is 330 g/mol. The van der Waals surface area contributed by atoms with Gasteiger partial charge >= 0.3 is 12.0 Å². The molecular weight excluding hydrogens is 318 g/mol. The number of hydrogen-bond donors (Lipinski definition) is 1. The van der Waals surface area contributed by atoms with Crippen LogP contribution in [-0.2, 0) is 4.74 Å². The molecule has 0 spiro atoms. The molecule has 1 aromatic heterocycles. The first-order valence-corrected chi connectivity index (χ1v) is 7.09. The Kier molecular flexibility index (Phi) is 3.99. The van der Waals surface area contributed by atoms with Crippen LogP contribution in [0.5, 0.6) is 0 Å². The Morgan fingerprint density at radius 2 is 2.04 bits per heavy atom. The van der Waals surface area contributed by atoms with Crippen LogP contribution in [0.4, 0.5) is 10.5 Å². The van der Waals surface area contributed by atoms with Crippen molar-refractivity contribution < 1.29 is 14.3 Å². The van der Waals surface area contributed by atoms with Crippen molar-refractivity contribution in [2.45, 2.75) is 0 Å². The van der Waals surface area contributed by atoms with Crippen LogP contribution in [0.2, 0.25) is 5.02 Å². The third kappa shape index (κ3) is 3.02. The number of nitrogens with zero attached hydrogens (tertiary/aromatic N) is 2. The second-order valence-corrected chi connectivity index (χ2v) is 5.20. The van der Waals surface area contributed by atoms with E-state index in [0.717, 1.165) is 5.39 Å². The van der Waals surface area contributed by atoms with Crippen molar-refractivity contribution in [2.24, 2.45) is 0 Å². The van der Waals surface area contributed by atoms with Crippen LogP contribution in [0.3, 0.4) is 0 Å². The number of anilines is 1. The molecule has 0 fully saturated rings. The van der Waals surface area contributed by atoms with Crippen LogP contribution in [0.15, 0.2) is 48.7 Å². The Hall–Kier alpha value is -2.86. The molecule has 1 N–H and O–H groups in total. The Bertz CT molecular complexity index is 904. The number of methoxy groups -OCH3 is 1. The van der Waals surface area contributed by atoms with Gasteiger partial charge in [-0.05, 0) is 36.4 Å². The number of carbonyl (C=O) groups is 2. The molecule has 0 aliphatic heterocycles. The van der Waals surface area contributed by atoms with Crippen molar-refractivity contribution in [3.05, 3.63) is 59.2 Å². The molecule has 3 rings (SSSR count). The van der Waals surface area contributed by atoms with Crippen LogP contribution >= 0.6 is 11.6 Å². The van der Waals surface area contributed by atoms with Gasteiger partial charge < -0.3 is 10.1 Å². The van der Waals surface area contributed by atoms with E-state index < -0.39 is 12.0 Å². The zero-order valence-corrected chi connectivity index (χ0v) is 12.9. The first kappa shape index (κ1) is 15.1. The fourth-order valence-electron chi connectivity index (χ4n) is 2.18. The lowest BCUT2D eigenvalue weighted by molar-refractivity contribution is 0.0600. The van der Waals surface area contributed by atoms with E-state index in [2.05, 4.69) is 15.2 Å². The highest BCUT2D eigenvalue weighted by atomic mass is 35.5. The summed E-state index contributed by atoms with van der Waals surface area (Å²) in [5, 5.41) is 8.08. The summed E-state index contributed by atoms with van der Waals surface area (Å²) < 4.78 is 5.89. The highest BCUT2D eigenvalue weighted by Gasteiger charge is 2.12. The molecule has 1 heterocycles. The Balaban J connectivity index is 1.87. The molecule has 0 unspecified atom stereocenters. The first-order chi connectivity index (χ1) is 11.1. The number of aromatic nitrogens is 2. The predicted molar refractivity (Wildman–Crippen MR) is 86.9 cm³/mol. The van der Waals surface area contributed by atoms with Crippen molar-refractivity contribution in [1.82, 2.24) is 9.78 Å². The van der Waals surface area contributed by atoms with Gasteiger partial charge in [-0.15, -0.1) is 0 Å². The van der Waals surface area contributed by atoms with Crippen molar-refractivity contribution in [1.29, 1.82) is 0 Å². The molecule has 0 saturated carbocycles. The number of carbonyl (C=O) groups excluding carboxylic acids is 2. The molecule has 0 bridgehead atoms. The molecule has 116 valence electrons. The summed E-state index contributed by atoms with van der Waals surface area (Å²) in [5.74, 6) is -0.472. The quantitative estimate of drug-likeness (QED) is 0.730. The fourth-order valence-corrected chi connectivity index (χ4v) is 2.36. The van der Waals surface area contributed by atoms with E-state index in [1.54, 1.807) is 42.6 Å². The molecule has 0 radical (unpaired) electrons. The highest BCUT2D eigenvalue weighted by Crippen LogP contribution is 2.19. The molecule has 0 saturated heterocycles. The van der Waals surface area contributed by atoms with Gasteiger partial charge in [-0.25, -0.2) is 9.59 Å². The number of benzene rings is 2. The van der Waals surface area contributed by atoms with Gasteiger partial charge in [0.2, 0.25) is 0 Å². The summed E-state index contributed by atoms with van der Waals surface area (Å²) in [5.41, 5.74) is 1.45. The number of hydrogen-bond acceptors (Lipinski definition) is 4. The Labute approximate surface area is 136 Å². The van der Waals surface area contributed by atoms with E-state index >= 15 is 0 Å². The molecule has 0 aliphatic carbocycles. The maximum Gasteiger partial charge on any atom is 0.347 e. The van der Waals surface area contributed by atoms with Gasteiger partial charge in [-0.1, -0.05) is 17.7 Å². The minimum atomic E-state index is -0.472. The van der Waals surface area contributed by atoms with E-state index in [9.17, 15) is 9.59 Å². The number of nitrogens with one attached hydrogen (secondary N) is 1. The van der Waals surface area contributed by atoms with Crippen LogP contribution in [0.1, 0.15) is 10.4 Å². The van der Waals surface area contributed by atoms with Crippen molar-refractivity contribution in [3.8, 4) is 0 Å². The lowest BCUT2D eigenvalue weighted by Crippen LogP contribution is -2.20. The summed E-state index contributed by atoms with van der Waals surface area (Å²) in [7, 11) is 1.30. The summed E-state index contributed by atoms with van der Waals surface area (Å²) in [6, 6.07) is 11.2. The largest absolute Gasteiger partial charge is 0.465 e. The number of halogens is 1. The van der Waals surface area contributed by atoms with Gasteiger partial charge in [0.15, 0.2) is 0 Å². The van der Waals surface area contributed by atoms with E-state index in [1.807, 2.05) is 0 Å². The lowest BCUT2D eigenvalue weighted by Gasteiger charge is -2.07. The molecule has 23 heavy (non-hydrogen) atoms. The number of rotatable bonds is 2. The third-order valence-electron chi connectivity index (χ3n) is 3.26. The van der Waals surface area contributed by atoms with Gasteiger partial charge in [0, 0.05) is 16.1 Å². The zero-order valence-electron chi connectivity index (χ0n) is 12.1. The molecule has 0 aliphatic rings. The minimum Gasteiger partial charge on any atom is -0.465 e. The first-order valence-electron chi connectivity index (χ1n) is 6.71. The third-order valence-corrected chi connectivity index (χ3v) is 3.49. The predicted octanol–water partition coefficient (Wildman–Crippen LogP) is 3.56. The summed E-state index contributed by atoms with van der Waals surface area (Å²) in [6.07, 6.45) is 1.56. The molecule has 1 amide bonds. The van der Waals surface area contributed by atoms with Crippen LogP contribution in [0.25, 0.3) is 10.9 Å². The number of amides is 1. The van der Waals surface area contributed by atoms with E-state index in [0.29, 0.717) is 21.8 Å². The van der Waals surface area contributed by atoms with E-state index in [4.69, 9.17) is 11.6 Å². The number of esters is 1.